The number of esters is 1. The van der Waals surface area contributed by atoms with Gasteiger partial charge in [0.15, 0.2) is 0 Å². The third kappa shape index (κ3) is 3.78. The van der Waals surface area contributed by atoms with Crippen LogP contribution >= 0.6 is 11.6 Å². The summed E-state index contributed by atoms with van der Waals surface area (Å²) >= 11 is 5.69. The van der Waals surface area contributed by atoms with Crippen molar-refractivity contribution in [2.24, 2.45) is 0 Å². The zero-order chi connectivity index (χ0) is 12.8. The van der Waals surface area contributed by atoms with Crippen LogP contribution in [0.25, 0.3) is 0 Å². The lowest BCUT2D eigenvalue weighted by Crippen LogP contribution is -2.00. The first-order valence-corrected chi connectivity index (χ1v) is 5.05. The number of halogens is 1. The number of hydrogen-bond acceptors (Lipinski definition) is 4. The molecule has 0 spiro atoms. The van der Waals surface area contributed by atoms with Gasteiger partial charge in [-0.25, -0.2) is 4.79 Å². The molecule has 0 aromatic heterocycles. The van der Waals surface area contributed by atoms with Crippen LogP contribution in [0, 0.1) is 22.0 Å². The van der Waals surface area contributed by atoms with E-state index < -0.39 is 10.9 Å². The molecule has 0 aliphatic heterocycles. The Morgan fingerprint density at radius 2 is 2.29 bits per heavy atom. The molecule has 88 valence electrons. The second-order valence-electron chi connectivity index (χ2n) is 2.89. The summed E-state index contributed by atoms with van der Waals surface area (Å²) in [6.45, 7) is 1.84. The van der Waals surface area contributed by atoms with E-state index in [1.807, 2.05) is 0 Å². The SMILES string of the molecule is CCOC(=O)C#Cc1cc(Cl)ccc1[N+](=O)[O-]. The Hall–Kier alpha value is -2.06. The average molecular weight is 254 g/mol. The monoisotopic (exact) mass is 253 g/mol. The summed E-state index contributed by atoms with van der Waals surface area (Å²) in [5.41, 5.74) is -0.123. The molecule has 0 unspecified atom stereocenters. The first-order chi connectivity index (χ1) is 8.04. The number of hydrogen-bond donors (Lipinski definition) is 0. The molecule has 0 heterocycles. The molecule has 0 amide bonds. The highest BCUT2D eigenvalue weighted by molar-refractivity contribution is 6.30. The van der Waals surface area contributed by atoms with Crippen molar-refractivity contribution in [3.8, 4) is 11.8 Å². The molecule has 1 aromatic rings. The zero-order valence-electron chi connectivity index (χ0n) is 8.90. The fourth-order valence-corrected chi connectivity index (χ4v) is 1.23. The van der Waals surface area contributed by atoms with E-state index in [0.717, 1.165) is 0 Å². The van der Waals surface area contributed by atoms with Crippen LogP contribution in [0.5, 0.6) is 0 Å². The summed E-state index contributed by atoms with van der Waals surface area (Å²) in [5, 5.41) is 11.0. The molecule has 5 nitrogen and oxygen atoms in total. The lowest BCUT2D eigenvalue weighted by molar-refractivity contribution is -0.385. The topological polar surface area (TPSA) is 69.4 Å². The van der Waals surface area contributed by atoms with Gasteiger partial charge in [-0.2, -0.15) is 0 Å². The summed E-state index contributed by atoms with van der Waals surface area (Å²) in [6, 6.07) is 3.94. The van der Waals surface area contributed by atoms with Crippen LogP contribution in [-0.4, -0.2) is 17.5 Å². The van der Waals surface area contributed by atoms with Gasteiger partial charge in [-0.3, -0.25) is 10.1 Å². The van der Waals surface area contributed by atoms with Crippen LogP contribution in [0.1, 0.15) is 12.5 Å². The molecule has 0 aliphatic carbocycles. The molecular formula is C11H8ClNO4. The molecule has 0 aliphatic rings. The standard InChI is InChI=1S/C11H8ClNO4/c1-2-17-11(14)6-3-8-7-9(12)4-5-10(8)13(15)16/h4-5,7H,2H2,1H3. The van der Waals surface area contributed by atoms with Crippen molar-refractivity contribution in [1.29, 1.82) is 0 Å². The maximum Gasteiger partial charge on any atom is 0.384 e. The molecule has 0 saturated carbocycles. The fraction of sp³-hybridized carbons (Fsp3) is 0.182. The van der Waals surface area contributed by atoms with E-state index in [0.29, 0.717) is 5.02 Å². The minimum Gasteiger partial charge on any atom is -0.456 e. The van der Waals surface area contributed by atoms with Crippen molar-refractivity contribution in [1.82, 2.24) is 0 Å². The second-order valence-corrected chi connectivity index (χ2v) is 3.33. The lowest BCUT2D eigenvalue weighted by atomic mass is 10.2. The first-order valence-electron chi connectivity index (χ1n) is 4.67. The Morgan fingerprint density at radius 1 is 1.59 bits per heavy atom. The minimum absolute atomic E-state index is 0.0792. The minimum atomic E-state index is -0.734. The molecule has 1 aromatic carbocycles. The molecule has 0 fully saturated rings. The number of nitro groups is 1. The molecule has 0 radical (unpaired) electrons. The van der Waals surface area contributed by atoms with Crippen molar-refractivity contribution < 1.29 is 14.5 Å². The van der Waals surface area contributed by atoms with Gasteiger partial charge in [0.05, 0.1) is 11.5 Å². The van der Waals surface area contributed by atoms with Crippen LogP contribution in [0.4, 0.5) is 5.69 Å². The Balaban J connectivity index is 3.08. The normalized spacial score (nSPS) is 9.06. The summed E-state index contributed by atoms with van der Waals surface area (Å²) in [6.07, 6.45) is 0. The van der Waals surface area contributed by atoms with Crippen molar-refractivity contribution in [2.45, 2.75) is 6.92 Å². The fourth-order valence-electron chi connectivity index (χ4n) is 1.05. The maximum atomic E-state index is 11.0. The van der Waals surface area contributed by atoms with E-state index in [-0.39, 0.29) is 17.9 Å². The predicted octanol–water partition coefficient (Wildman–Crippen LogP) is 2.16. The second kappa shape index (κ2) is 5.87. The zero-order valence-corrected chi connectivity index (χ0v) is 9.65. The average Bonchev–Trinajstić information content (AvgIpc) is 2.26. The van der Waals surface area contributed by atoms with E-state index >= 15 is 0 Å². The third-order valence-corrected chi connectivity index (χ3v) is 1.97. The molecular weight excluding hydrogens is 246 g/mol. The van der Waals surface area contributed by atoms with Gasteiger partial charge in [0.25, 0.3) is 5.69 Å². The predicted molar refractivity (Wildman–Crippen MR) is 61.6 cm³/mol. The van der Waals surface area contributed by atoms with Crippen LogP contribution in [-0.2, 0) is 9.53 Å². The van der Waals surface area contributed by atoms with E-state index in [9.17, 15) is 14.9 Å². The summed E-state index contributed by atoms with van der Waals surface area (Å²) in [5.74, 6) is 3.78. The van der Waals surface area contributed by atoms with E-state index in [1.165, 1.54) is 18.2 Å². The summed E-state index contributed by atoms with van der Waals surface area (Å²) in [7, 11) is 0. The van der Waals surface area contributed by atoms with Crippen molar-refractivity contribution >= 4 is 23.3 Å². The number of carbonyl (C=O) groups excluding carboxylic acids is 1. The van der Waals surface area contributed by atoms with Gasteiger partial charge < -0.3 is 4.74 Å². The number of nitrogens with zero attached hydrogens (tertiary/aromatic N) is 1. The van der Waals surface area contributed by atoms with Crippen LogP contribution in [0.15, 0.2) is 18.2 Å². The van der Waals surface area contributed by atoms with Crippen LogP contribution in [0.3, 0.4) is 0 Å². The highest BCUT2D eigenvalue weighted by Crippen LogP contribution is 2.21. The highest BCUT2D eigenvalue weighted by atomic mass is 35.5. The Morgan fingerprint density at radius 3 is 2.88 bits per heavy atom. The van der Waals surface area contributed by atoms with Crippen LogP contribution < -0.4 is 0 Å². The number of ether oxygens (including phenoxy) is 1. The number of rotatable bonds is 2. The summed E-state index contributed by atoms with van der Waals surface area (Å²) in [4.78, 5) is 21.1. The van der Waals surface area contributed by atoms with Gasteiger partial charge in [-0.05, 0) is 25.0 Å². The van der Waals surface area contributed by atoms with E-state index in [1.54, 1.807) is 6.92 Å². The first kappa shape index (κ1) is 13.0. The van der Waals surface area contributed by atoms with Crippen molar-refractivity contribution in [3.63, 3.8) is 0 Å². The van der Waals surface area contributed by atoms with Gasteiger partial charge in [0, 0.05) is 17.0 Å². The Labute approximate surface area is 102 Å². The molecule has 17 heavy (non-hydrogen) atoms. The summed E-state index contributed by atoms with van der Waals surface area (Å²) < 4.78 is 4.58. The van der Waals surface area contributed by atoms with Gasteiger partial charge in [-0.15, -0.1) is 0 Å². The largest absolute Gasteiger partial charge is 0.456 e. The maximum absolute atomic E-state index is 11.0. The molecule has 0 atom stereocenters. The van der Waals surface area contributed by atoms with Gasteiger partial charge in [0.1, 0.15) is 5.56 Å². The molecule has 6 heteroatoms. The third-order valence-electron chi connectivity index (χ3n) is 1.73. The number of nitro benzene ring substituents is 1. The Bertz CT molecular complexity index is 516. The Kier molecular flexibility index (Phi) is 4.49. The quantitative estimate of drug-likeness (QED) is 0.350. The number of benzene rings is 1. The smallest absolute Gasteiger partial charge is 0.384 e. The molecule has 1 rings (SSSR count). The molecule has 0 bridgehead atoms. The van der Waals surface area contributed by atoms with E-state index in [2.05, 4.69) is 16.6 Å². The van der Waals surface area contributed by atoms with Gasteiger partial charge in [-0.1, -0.05) is 11.6 Å². The molecule has 0 N–H and O–H groups in total. The van der Waals surface area contributed by atoms with E-state index in [4.69, 9.17) is 11.6 Å². The van der Waals surface area contributed by atoms with Gasteiger partial charge >= 0.3 is 5.97 Å². The molecule has 0 saturated heterocycles. The lowest BCUT2D eigenvalue weighted by Gasteiger charge is -1.96. The van der Waals surface area contributed by atoms with Gasteiger partial charge in [0.2, 0.25) is 0 Å². The van der Waals surface area contributed by atoms with Crippen LogP contribution in [0.2, 0.25) is 5.02 Å². The highest BCUT2D eigenvalue weighted by Gasteiger charge is 2.12. The van der Waals surface area contributed by atoms with Crippen molar-refractivity contribution in [3.05, 3.63) is 38.9 Å². The van der Waals surface area contributed by atoms with Crippen molar-refractivity contribution in [2.75, 3.05) is 6.61 Å². The number of carbonyl (C=O) groups is 1.